The molecular weight excluding hydrogens is 413 g/mol. The highest BCUT2D eigenvalue weighted by atomic mass is 19.4. The van der Waals surface area contributed by atoms with E-state index in [-0.39, 0.29) is 23.3 Å². The molecule has 0 unspecified atom stereocenters. The fourth-order valence-electron chi connectivity index (χ4n) is 3.29. The summed E-state index contributed by atoms with van der Waals surface area (Å²) in [5.41, 5.74) is 1.53. The van der Waals surface area contributed by atoms with E-state index in [0.29, 0.717) is 30.6 Å². The Labute approximate surface area is 176 Å². The van der Waals surface area contributed by atoms with Crippen molar-refractivity contribution in [3.8, 4) is 5.75 Å². The smallest absolute Gasteiger partial charge is 0.405 e. The maximum atomic E-state index is 12.5. The van der Waals surface area contributed by atoms with Gasteiger partial charge in [-0.15, -0.1) is 0 Å². The standard InChI is InChI=1S/C21H21F3N4O3/c22-21(23,24)12-26-19(30)13-1-3-14(4-2-13)20(31)27-16-7-8-28(11-16)17-6-5-15(10-25)18(29)9-17/h1-6,9-10,16,25,29H,7-8,11-12H2,(H,26,30)(H,27,31)/t16-/m1/s1. The van der Waals surface area contributed by atoms with Gasteiger partial charge >= 0.3 is 6.18 Å². The van der Waals surface area contributed by atoms with Crippen LogP contribution in [0.25, 0.3) is 0 Å². The van der Waals surface area contributed by atoms with Crippen LogP contribution in [0.5, 0.6) is 5.75 Å². The summed E-state index contributed by atoms with van der Waals surface area (Å²) >= 11 is 0. The zero-order valence-electron chi connectivity index (χ0n) is 16.4. The second-order valence-corrected chi connectivity index (χ2v) is 7.17. The van der Waals surface area contributed by atoms with Crippen LogP contribution in [-0.4, -0.2) is 55.0 Å². The van der Waals surface area contributed by atoms with E-state index in [2.05, 4.69) is 5.32 Å². The number of anilines is 1. The zero-order valence-corrected chi connectivity index (χ0v) is 16.4. The first-order valence-electron chi connectivity index (χ1n) is 9.50. The van der Waals surface area contributed by atoms with Crippen molar-refractivity contribution in [3.05, 3.63) is 59.2 Å². The van der Waals surface area contributed by atoms with Crippen molar-refractivity contribution < 1.29 is 27.9 Å². The summed E-state index contributed by atoms with van der Waals surface area (Å²) in [6, 6.07) is 10.3. The number of aromatic hydroxyl groups is 1. The van der Waals surface area contributed by atoms with Gasteiger partial charge in [-0.2, -0.15) is 13.2 Å². The Bertz CT molecular complexity index is 977. The Kier molecular flexibility index (Phi) is 6.47. The molecule has 2 aromatic carbocycles. The number of halogens is 3. The van der Waals surface area contributed by atoms with Crippen LogP contribution in [0.2, 0.25) is 0 Å². The van der Waals surface area contributed by atoms with E-state index in [1.807, 2.05) is 4.90 Å². The number of hydrogen-bond donors (Lipinski definition) is 4. The van der Waals surface area contributed by atoms with Crippen LogP contribution < -0.4 is 15.5 Å². The molecule has 1 saturated heterocycles. The van der Waals surface area contributed by atoms with Crippen LogP contribution in [0, 0.1) is 5.41 Å². The highest BCUT2D eigenvalue weighted by Crippen LogP contribution is 2.26. The lowest BCUT2D eigenvalue weighted by molar-refractivity contribution is -0.123. The molecule has 2 amide bonds. The number of amides is 2. The first-order chi connectivity index (χ1) is 14.7. The second-order valence-electron chi connectivity index (χ2n) is 7.17. The molecule has 1 aliphatic rings. The van der Waals surface area contributed by atoms with Crippen LogP contribution >= 0.6 is 0 Å². The molecule has 0 spiro atoms. The summed E-state index contributed by atoms with van der Waals surface area (Å²) < 4.78 is 36.6. The molecule has 1 atom stereocenters. The fourth-order valence-corrected chi connectivity index (χ4v) is 3.29. The molecule has 164 valence electrons. The third kappa shape index (κ3) is 5.74. The number of nitrogens with zero attached hydrogens (tertiary/aromatic N) is 1. The molecule has 0 radical (unpaired) electrons. The number of phenolic OH excluding ortho intramolecular Hbond substituents is 1. The van der Waals surface area contributed by atoms with E-state index in [4.69, 9.17) is 5.41 Å². The van der Waals surface area contributed by atoms with Crippen molar-refractivity contribution in [2.75, 3.05) is 24.5 Å². The van der Waals surface area contributed by atoms with Crippen molar-refractivity contribution in [3.63, 3.8) is 0 Å². The molecule has 0 saturated carbocycles. The second kappa shape index (κ2) is 9.07. The first-order valence-corrected chi connectivity index (χ1v) is 9.50. The molecule has 3 rings (SSSR count). The van der Waals surface area contributed by atoms with Crippen molar-refractivity contribution in [1.82, 2.24) is 10.6 Å². The third-order valence-corrected chi connectivity index (χ3v) is 4.92. The Morgan fingerprint density at radius 1 is 1.13 bits per heavy atom. The van der Waals surface area contributed by atoms with Gasteiger partial charge in [-0.25, -0.2) is 0 Å². The molecule has 31 heavy (non-hydrogen) atoms. The molecule has 7 nitrogen and oxygen atoms in total. The van der Waals surface area contributed by atoms with Crippen molar-refractivity contribution in [2.24, 2.45) is 0 Å². The fraction of sp³-hybridized carbons (Fsp3) is 0.286. The minimum absolute atomic E-state index is 0.0133. The van der Waals surface area contributed by atoms with Gasteiger partial charge in [0.1, 0.15) is 12.3 Å². The molecule has 10 heteroatoms. The van der Waals surface area contributed by atoms with E-state index >= 15 is 0 Å². The van der Waals surface area contributed by atoms with Gasteiger partial charge in [0.05, 0.1) is 0 Å². The first kappa shape index (κ1) is 22.1. The number of benzene rings is 2. The predicted octanol–water partition coefficient (Wildman–Crippen LogP) is 2.69. The van der Waals surface area contributed by atoms with Crippen LogP contribution in [0.4, 0.5) is 18.9 Å². The summed E-state index contributed by atoms with van der Waals surface area (Å²) in [6.45, 7) is -0.214. The zero-order chi connectivity index (χ0) is 22.6. The lowest BCUT2D eigenvalue weighted by Gasteiger charge is -2.19. The van der Waals surface area contributed by atoms with E-state index in [1.54, 1.807) is 23.5 Å². The summed E-state index contributed by atoms with van der Waals surface area (Å²) in [5, 5.41) is 21.8. The van der Waals surface area contributed by atoms with Crippen LogP contribution in [0.1, 0.15) is 32.7 Å². The van der Waals surface area contributed by atoms with Gasteiger partial charge in [0.25, 0.3) is 11.8 Å². The molecule has 1 fully saturated rings. The molecule has 4 N–H and O–H groups in total. The lowest BCUT2D eigenvalue weighted by Crippen LogP contribution is -2.37. The van der Waals surface area contributed by atoms with Crippen molar-refractivity contribution in [1.29, 1.82) is 5.41 Å². The molecule has 1 heterocycles. The van der Waals surface area contributed by atoms with Gasteiger partial charge in [0, 0.05) is 53.8 Å². The number of phenols is 1. The predicted molar refractivity (Wildman–Crippen MR) is 109 cm³/mol. The number of carbonyl (C=O) groups excluding carboxylic acids is 2. The van der Waals surface area contributed by atoms with Gasteiger partial charge in [0.15, 0.2) is 0 Å². The molecule has 1 aliphatic heterocycles. The van der Waals surface area contributed by atoms with Gasteiger partial charge in [-0.3, -0.25) is 9.59 Å². The molecular formula is C21H21F3N4O3. The van der Waals surface area contributed by atoms with Crippen LogP contribution in [0.3, 0.4) is 0 Å². The SMILES string of the molecule is N=Cc1ccc(N2CC[C@@H](NC(=O)c3ccc(C(=O)NCC(F)(F)F)cc3)C2)cc1O. The summed E-state index contributed by atoms with van der Waals surface area (Å²) in [6.07, 6.45) is -2.74. The average Bonchev–Trinajstić information content (AvgIpc) is 3.20. The minimum Gasteiger partial charge on any atom is -0.507 e. The van der Waals surface area contributed by atoms with Crippen LogP contribution in [0.15, 0.2) is 42.5 Å². The monoisotopic (exact) mass is 434 g/mol. The number of carbonyl (C=O) groups is 2. The Balaban J connectivity index is 1.55. The van der Waals surface area contributed by atoms with Crippen LogP contribution in [-0.2, 0) is 0 Å². The van der Waals surface area contributed by atoms with Crippen molar-refractivity contribution >= 4 is 23.7 Å². The maximum absolute atomic E-state index is 12.5. The normalized spacial score (nSPS) is 16.1. The Hall–Kier alpha value is -3.56. The summed E-state index contributed by atoms with van der Waals surface area (Å²) in [4.78, 5) is 26.2. The summed E-state index contributed by atoms with van der Waals surface area (Å²) in [7, 11) is 0. The molecule has 0 aromatic heterocycles. The average molecular weight is 434 g/mol. The number of rotatable bonds is 6. The topological polar surface area (TPSA) is 106 Å². The summed E-state index contributed by atoms with van der Waals surface area (Å²) in [5.74, 6) is -1.21. The van der Waals surface area contributed by atoms with E-state index in [1.165, 1.54) is 24.3 Å². The quantitative estimate of drug-likeness (QED) is 0.525. The van der Waals surface area contributed by atoms with Crippen molar-refractivity contribution in [2.45, 2.75) is 18.6 Å². The number of alkyl halides is 3. The van der Waals surface area contributed by atoms with Gasteiger partial charge in [-0.05, 0) is 42.8 Å². The van der Waals surface area contributed by atoms with Gasteiger partial charge < -0.3 is 26.0 Å². The highest BCUT2D eigenvalue weighted by Gasteiger charge is 2.28. The van der Waals surface area contributed by atoms with E-state index in [0.717, 1.165) is 11.9 Å². The largest absolute Gasteiger partial charge is 0.507 e. The third-order valence-electron chi connectivity index (χ3n) is 4.92. The highest BCUT2D eigenvalue weighted by molar-refractivity contribution is 5.98. The number of hydrogen-bond acceptors (Lipinski definition) is 5. The Morgan fingerprint density at radius 3 is 2.35 bits per heavy atom. The lowest BCUT2D eigenvalue weighted by atomic mass is 10.1. The number of nitrogens with one attached hydrogen (secondary N) is 3. The van der Waals surface area contributed by atoms with Gasteiger partial charge in [-0.1, -0.05) is 0 Å². The van der Waals surface area contributed by atoms with E-state index in [9.17, 15) is 27.9 Å². The Morgan fingerprint density at radius 2 is 1.77 bits per heavy atom. The molecule has 0 bridgehead atoms. The molecule has 2 aromatic rings. The molecule has 0 aliphatic carbocycles. The van der Waals surface area contributed by atoms with E-state index < -0.39 is 18.6 Å². The van der Waals surface area contributed by atoms with Gasteiger partial charge in [0.2, 0.25) is 0 Å². The maximum Gasteiger partial charge on any atom is 0.405 e. The minimum atomic E-state index is -4.49.